The summed E-state index contributed by atoms with van der Waals surface area (Å²) in [6.07, 6.45) is 5.30. The average molecular weight is 382 g/mol. The van der Waals surface area contributed by atoms with Gasteiger partial charge in [-0.2, -0.15) is 0 Å². The Morgan fingerprint density at radius 3 is 2.35 bits per heavy atom. The molecule has 2 atom stereocenters. The number of amides is 2. The first kappa shape index (κ1) is 20.5. The highest BCUT2D eigenvalue weighted by Gasteiger charge is 2.34. The molecule has 2 fully saturated rings. The van der Waals surface area contributed by atoms with E-state index in [-0.39, 0.29) is 30.8 Å². The molecule has 2 bridgehead atoms. The topological polar surface area (TPSA) is 70.7 Å². The minimum atomic E-state index is -0.0895. The van der Waals surface area contributed by atoms with Crippen molar-refractivity contribution in [1.29, 1.82) is 0 Å². The van der Waals surface area contributed by atoms with E-state index in [0.717, 1.165) is 18.5 Å². The fourth-order valence-electron chi connectivity index (χ4n) is 3.72. The first-order valence-electron chi connectivity index (χ1n) is 8.98. The molecule has 2 unspecified atom stereocenters. The fraction of sp³-hybridized carbons (Fsp3) is 0.579. The lowest BCUT2D eigenvalue weighted by Gasteiger charge is -2.28. The second kappa shape index (κ2) is 9.24. The number of halogens is 1. The first-order valence-corrected chi connectivity index (χ1v) is 8.98. The van der Waals surface area contributed by atoms with Crippen LogP contribution in [0.4, 0.5) is 5.69 Å². The number of piperidine rings is 1. The van der Waals surface area contributed by atoms with Gasteiger partial charge in [0.05, 0.1) is 0 Å². The number of hydrogen-bond donors (Lipinski definition) is 2. The van der Waals surface area contributed by atoms with Crippen molar-refractivity contribution in [2.75, 3.05) is 26.0 Å². The molecule has 0 aromatic heterocycles. The third-order valence-corrected chi connectivity index (χ3v) is 5.04. The quantitative estimate of drug-likeness (QED) is 0.794. The van der Waals surface area contributed by atoms with Gasteiger partial charge in [0.15, 0.2) is 6.61 Å². The van der Waals surface area contributed by atoms with Crippen LogP contribution in [-0.4, -0.2) is 49.5 Å². The van der Waals surface area contributed by atoms with Gasteiger partial charge in [0.1, 0.15) is 5.75 Å². The van der Waals surface area contributed by atoms with Crippen LogP contribution in [0.2, 0.25) is 0 Å². The van der Waals surface area contributed by atoms with Crippen molar-refractivity contribution in [2.24, 2.45) is 5.92 Å². The normalized spacial score (nSPS) is 23.7. The lowest BCUT2D eigenvalue weighted by atomic mass is 9.89. The van der Waals surface area contributed by atoms with E-state index in [1.807, 2.05) is 0 Å². The smallest absolute Gasteiger partial charge is 0.259 e. The van der Waals surface area contributed by atoms with Crippen LogP contribution in [0, 0.1) is 5.92 Å². The summed E-state index contributed by atoms with van der Waals surface area (Å²) in [5.41, 5.74) is 0.758. The van der Waals surface area contributed by atoms with Gasteiger partial charge in [-0.25, -0.2) is 0 Å². The number of anilines is 1. The summed E-state index contributed by atoms with van der Waals surface area (Å²) < 4.78 is 5.43. The van der Waals surface area contributed by atoms with Gasteiger partial charge >= 0.3 is 0 Å². The molecule has 2 saturated heterocycles. The van der Waals surface area contributed by atoms with E-state index < -0.39 is 0 Å². The highest BCUT2D eigenvalue weighted by molar-refractivity contribution is 5.90. The number of fused-ring (bicyclic) bond motifs is 2. The van der Waals surface area contributed by atoms with Crippen LogP contribution in [0.15, 0.2) is 24.3 Å². The maximum Gasteiger partial charge on any atom is 0.259 e. The van der Waals surface area contributed by atoms with Gasteiger partial charge in [-0.05, 0) is 55.9 Å². The summed E-state index contributed by atoms with van der Waals surface area (Å²) in [7, 11) is 3.39. The molecule has 1 aromatic rings. The zero-order valence-electron chi connectivity index (χ0n) is 15.4. The van der Waals surface area contributed by atoms with Crippen LogP contribution in [0.25, 0.3) is 0 Å². The molecule has 2 heterocycles. The minimum absolute atomic E-state index is 0. The van der Waals surface area contributed by atoms with Crippen molar-refractivity contribution in [3.63, 3.8) is 0 Å². The molecule has 6 nitrogen and oxygen atoms in total. The van der Waals surface area contributed by atoms with Gasteiger partial charge in [0.25, 0.3) is 5.91 Å². The van der Waals surface area contributed by atoms with E-state index in [4.69, 9.17) is 4.74 Å². The third kappa shape index (κ3) is 5.61. The zero-order chi connectivity index (χ0) is 17.8. The summed E-state index contributed by atoms with van der Waals surface area (Å²) in [6, 6.07) is 8.36. The van der Waals surface area contributed by atoms with E-state index >= 15 is 0 Å². The van der Waals surface area contributed by atoms with E-state index in [1.54, 1.807) is 38.4 Å². The van der Waals surface area contributed by atoms with Gasteiger partial charge in [0, 0.05) is 38.3 Å². The molecular formula is C19H28ClN3O3. The van der Waals surface area contributed by atoms with Gasteiger partial charge in [-0.1, -0.05) is 0 Å². The first-order chi connectivity index (χ1) is 12.0. The summed E-state index contributed by atoms with van der Waals surface area (Å²) >= 11 is 0. The Kier molecular flexibility index (Phi) is 7.29. The summed E-state index contributed by atoms with van der Waals surface area (Å²) in [5, 5.41) is 6.56. The summed E-state index contributed by atoms with van der Waals surface area (Å²) in [5.74, 6) is 1.08. The molecule has 2 aliphatic heterocycles. The Labute approximate surface area is 161 Å². The number of benzene rings is 1. The number of nitrogens with zero attached hydrogens (tertiary/aromatic N) is 1. The number of hydrogen-bond acceptors (Lipinski definition) is 4. The number of ether oxygens (including phenoxy) is 1. The standard InChI is InChI=1S/C19H27N3O3.ClH/c1-22(2)19(24)12-25-17-7-5-14(6-8-17)21-18(23)11-13-9-15-3-4-16(10-13)20-15;/h5-8,13,15-16,20H,3-4,9-12H2,1-2H3,(H,21,23);1H. The Morgan fingerprint density at radius 2 is 1.77 bits per heavy atom. The van der Waals surface area contributed by atoms with Crippen molar-refractivity contribution in [2.45, 2.75) is 44.2 Å². The molecule has 144 valence electrons. The van der Waals surface area contributed by atoms with Crippen LogP contribution in [0.1, 0.15) is 32.1 Å². The van der Waals surface area contributed by atoms with E-state index in [2.05, 4.69) is 10.6 Å². The maximum absolute atomic E-state index is 12.3. The number of carbonyl (C=O) groups is 2. The molecule has 1 aromatic carbocycles. The predicted octanol–water partition coefficient (Wildman–Crippen LogP) is 2.43. The molecule has 0 saturated carbocycles. The van der Waals surface area contributed by atoms with Crippen LogP contribution in [0.3, 0.4) is 0 Å². The maximum atomic E-state index is 12.3. The molecule has 26 heavy (non-hydrogen) atoms. The van der Waals surface area contributed by atoms with Crippen molar-refractivity contribution in [3.05, 3.63) is 24.3 Å². The Balaban J connectivity index is 0.00000243. The lowest BCUT2D eigenvalue weighted by molar-refractivity contribution is -0.130. The van der Waals surface area contributed by atoms with Crippen LogP contribution in [-0.2, 0) is 9.59 Å². The molecular weight excluding hydrogens is 354 g/mol. The fourth-order valence-corrected chi connectivity index (χ4v) is 3.72. The number of nitrogens with one attached hydrogen (secondary N) is 2. The molecule has 0 spiro atoms. The van der Waals surface area contributed by atoms with Crippen molar-refractivity contribution in [1.82, 2.24) is 10.2 Å². The molecule has 2 amide bonds. The van der Waals surface area contributed by atoms with E-state index in [9.17, 15) is 9.59 Å². The second-order valence-corrected chi connectivity index (χ2v) is 7.33. The molecule has 2 aliphatic rings. The van der Waals surface area contributed by atoms with Crippen molar-refractivity contribution >= 4 is 29.9 Å². The molecule has 0 aliphatic carbocycles. The van der Waals surface area contributed by atoms with Gasteiger partial charge in [-0.15, -0.1) is 12.4 Å². The number of rotatable bonds is 6. The molecule has 7 heteroatoms. The second-order valence-electron chi connectivity index (χ2n) is 7.33. The van der Waals surface area contributed by atoms with E-state index in [0.29, 0.717) is 30.2 Å². The van der Waals surface area contributed by atoms with Crippen molar-refractivity contribution < 1.29 is 14.3 Å². The highest BCUT2D eigenvalue weighted by Crippen LogP contribution is 2.32. The van der Waals surface area contributed by atoms with Gasteiger partial charge in [-0.3, -0.25) is 9.59 Å². The minimum Gasteiger partial charge on any atom is -0.484 e. The number of carbonyl (C=O) groups excluding carboxylic acids is 2. The number of likely N-dealkylation sites (N-methyl/N-ethyl adjacent to an activating group) is 1. The third-order valence-electron chi connectivity index (χ3n) is 5.04. The van der Waals surface area contributed by atoms with E-state index in [1.165, 1.54) is 17.7 Å². The monoisotopic (exact) mass is 381 g/mol. The molecule has 0 radical (unpaired) electrons. The SMILES string of the molecule is CN(C)C(=O)COc1ccc(NC(=O)CC2CC3CCC(C2)N3)cc1.Cl. The molecule has 3 rings (SSSR count). The summed E-state index contributed by atoms with van der Waals surface area (Å²) in [6.45, 7) is 0.0107. The van der Waals surface area contributed by atoms with Gasteiger partial charge < -0.3 is 20.3 Å². The molecule has 2 N–H and O–H groups in total. The highest BCUT2D eigenvalue weighted by atomic mass is 35.5. The van der Waals surface area contributed by atoms with Crippen LogP contribution < -0.4 is 15.4 Å². The largest absolute Gasteiger partial charge is 0.484 e. The Bertz CT molecular complexity index is 609. The predicted molar refractivity (Wildman–Crippen MR) is 104 cm³/mol. The van der Waals surface area contributed by atoms with Crippen LogP contribution >= 0.6 is 12.4 Å². The van der Waals surface area contributed by atoms with Crippen molar-refractivity contribution in [3.8, 4) is 5.75 Å². The Hall–Kier alpha value is -1.79. The van der Waals surface area contributed by atoms with Crippen LogP contribution in [0.5, 0.6) is 5.75 Å². The van der Waals surface area contributed by atoms with Gasteiger partial charge in [0.2, 0.25) is 5.91 Å². The zero-order valence-corrected chi connectivity index (χ0v) is 16.2. The average Bonchev–Trinajstić information content (AvgIpc) is 2.92. The Morgan fingerprint density at radius 1 is 1.15 bits per heavy atom. The lowest BCUT2D eigenvalue weighted by Crippen LogP contribution is -2.39. The summed E-state index contributed by atoms with van der Waals surface area (Å²) in [4.78, 5) is 25.3.